The fourth-order valence-electron chi connectivity index (χ4n) is 3.80. The molecule has 1 aromatic heterocycles. The zero-order valence-corrected chi connectivity index (χ0v) is 19.8. The van der Waals surface area contributed by atoms with Gasteiger partial charge in [-0.25, -0.2) is 4.98 Å². The molecular weight excluding hydrogens is 445 g/mol. The van der Waals surface area contributed by atoms with E-state index in [1.807, 2.05) is 17.0 Å². The average Bonchev–Trinajstić information content (AvgIpc) is 3.04. The smallest absolute Gasteiger partial charge is 0.355 e. The molecule has 0 bridgehead atoms. The van der Waals surface area contributed by atoms with Crippen LogP contribution in [0.1, 0.15) is 55.1 Å². The van der Waals surface area contributed by atoms with Gasteiger partial charge in [-0.1, -0.05) is 32.9 Å². The molecule has 0 unspecified atom stereocenters. The van der Waals surface area contributed by atoms with Crippen LogP contribution in [0.3, 0.4) is 0 Å². The van der Waals surface area contributed by atoms with Gasteiger partial charge in [0.1, 0.15) is 5.82 Å². The predicted octanol–water partition coefficient (Wildman–Crippen LogP) is 4.26. The lowest BCUT2D eigenvalue weighted by Gasteiger charge is -2.23. The number of pyridine rings is 1. The molecule has 1 N–H and O–H groups in total. The number of hydrogen-bond donors (Lipinski definition) is 1. The Morgan fingerprint density at radius 1 is 0.941 bits per heavy atom. The van der Waals surface area contributed by atoms with Crippen LogP contribution < -0.4 is 10.2 Å². The third-order valence-corrected chi connectivity index (χ3v) is 5.89. The molecule has 1 fully saturated rings. The molecule has 3 rings (SSSR count). The molecule has 2 heterocycles. The second-order valence-corrected chi connectivity index (χ2v) is 9.46. The molecule has 1 aromatic carbocycles. The molecule has 0 atom stereocenters. The lowest BCUT2D eigenvalue weighted by molar-refractivity contribution is -0.137. The molecule has 1 aliphatic rings. The van der Waals surface area contributed by atoms with Gasteiger partial charge in [0, 0.05) is 50.9 Å². The second kappa shape index (κ2) is 10.4. The summed E-state index contributed by atoms with van der Waals surface area (Å²) in [4.78, 5) is 32.6. The average molecular weight is 477 g/mol. The summed E-state index contributed by atoms with van der Waals surface area (Å²) in [7, 11) is 0. The first-order chi connectivity index (χ1) is 15.9. The molecule has 0 spiro atoms. The van der Waals surface area contributed by atoms with E-state index < -0.39 is 11.7 Å². The first-order valence-corrected chi connectivity index (χ1v) is 11.4. The van der Waals surface area contributed by atoms with Crippen LogP contribution in [0.25, 0.3) is 0 Å². The number of alkyl halides is 3. The molecule has 6 nitrogen and oxygen atoms in total. The van der Waals surface area contributed by atoms with Crippen molar-refractivity contribution in [1.82, 2.24) is 15.2 Å². The van der Waals surface area contributed by atoms with Gasteiger partial charge >= 0.3 is 6.18 Å². The quantitative estimate of drug-likeness (QED) is 0.701. The highest BCUT2D eigenvalue weighted by molar-refractivity contribution is 5.94. The Morgan fingerprint density at radius 3 is 2.21 bits per heavy atom. The van der Waals surface area contributed by atoms with E-state index in [1.54, 1.807) is 17.0 Å². The fourth-order valence-corrected chi connectivity index (χ4v) is 3.80. The van der Waals surface area contributed by atoms with E-state index in [9.17, 15) is 22.8 Å². The van der Waals surface area contributed by atoms with E-state index in [0.717, 1.165) is 17.8 Å². The van der Waals surface area contributed by atoms with E-state index in [-0.39, 0.29) is 30.2 Å². The van der Waals surface area contributed by atoms with Gasteiger partial charge in [-0.2, -0.15) is 13.2 Å². The Labute approximate surface area is 198 Å². The summed E-state index contributed by atoms with van der Waals surface area (Å²) in [5.41, 5.74) is 0.915. The largest absolute Gasteiger partial charge is 0.417 e. The maximum absolute atomic E-state index is 12.7. The molecule has 0 saturated carbocycles. The van der Waals surface area contributed by atoms with E-state index in [2.05, 4.69) is 31.1 Å². The number of nitrogens with one attached hydrogen (secondary N) is 1. The number of rotatable bonds is 5. The fraction of sp³-hybridized carbons (Fsp3) is 0.480. The molecule has 1 aliphatic heterocycles. The van der Waals surface area contributed by atoms with Crippen LogP contribution in [0.2, 0.25) is 0 Å². The number of hydrogen-bond acceptors (Lipinski definition) is 4. The highest BCUT2D eigenvalue weighted by Crippen LogP contribution is 2.29. The number of amides is 2. The van der Waals surface area contributed by atoms with Crippen LogP contribution in [0.5, 0.6) is 0 Å². The summed E-state index contributed by atoms with van der Waals surface area (Å²) in [5, 5.41) is 2.80. The third-order valence-electron chi connectivity index (χ3n) is 5.89. The number of nitrogens with zero attached hydrogens (tertiary/aromatic N) is 3. The lowest BCUT2D eigenvalue weighted by atomic mass is 9.87. The molecule has 0 aliphatic carbocycles. The van der Waals surface area contributed by atoms with E-state index in [1.165, 1.54) is 6.07 Å². The van der Waals surface area contributed by atoms with Gasteiger partial charge in [-0.05, 0) is 41.7 Å². The van der Waals surface area contributed by atoms with Crippen molar-refractivity contribution in [2.75, 3.05) is 37.6 Å². The predicted molar refractivity (Wildman–Crippen MR) is 125 cm³/mol. The lowest BCUT2D eigenvalue weighted by Crippen LogP contribution is -2.37. The van der Waals surface area contributed by atoms with Crippen molar-refractivity contribution < 1.29 is 22.8 Å². The van der Waals surface area contributed by atoms with Crippen molar-refractivity contribution in [1.29, 1.82) is 0 Å². The maximum Gasteiger partial charge on any atom is 0.417 e. The molecule has 2 aromatic rings. The monoisotopic (exact) mass is 476 g/mol. The molecule has 34 heavy (non-hydrogen) atoms. The van der Waals surface area contributed by atoms with Crippen molar-refractivity contribution in [2.24, 2.45) is 0 Å². The van der Waals surface area contributed by atoms with Crippen molar-refractivity contribution in [3.05, 3.63) is 59.3 Å². The van der Waals surface area contributed by atoms with Gasteiger partial charge in [0.15, 0.2) is 0 Å². The van der Waals surface area contributed by atoms with E-state index in [0.29, 0.717) is 44.0 Å². The minimum Gasteiger partial charge on any atom is -0.355 e. The molecule has 184 valence electrons. The summed E-state index contributed by atoms with van der Waals surface area (Å²) in [6, 6.07) is 9.84. The normalized spacial score (nSPS) is 15.1. The van der Waals surface area contributed by atoms with Crippen LogP contribution in [-0.2, 0) is 16.4 Å². The Hall–Kier alpha value is -3.10. The van der Waals surface area contributed by atoms with Gasteiger partial charge in [-0.15, -0.1) is 0 Å². The van der Waals surface area contributed by atoms with Crippen LogP contribution in [0.4, 0.5) is 19.0 Å². The molecular formula is C25H31F3N4O2. The maximum atomic E-state index is 12.7. The molecule has 0 radical (unpaired) electrons. The topological polar surface area (TPSA) is 65.5 Å². The molecule has 2 amide bonds. The first-order valence-electron chi connectivity index (χ1n) is 11.4. The van der Waals surface area contributed by atoms with Crippen molar-refractivity contribution >= 4 is 17.6 Å². The van der Waals surface area contributed by atoms with Gasteiger partial charge in [0.2, 0.25) is 5.91 Å². The summed E-state index contributed by atoms with van der Waals surface area (Å²) in [6.07, 6.45) is -2.72. The number of carbonyl (C=O) groups is 2. The van der Waals surface area contributed by atoms with Gasteiger partial charge < -0.3 is 15.1 Å². The number of benzene rings is 1. The van der Waals surface area contributed by atoms with Crippen molar-refractivity contribution in [3.8, 4) is 0 Å². The Kier molecular flexibility index (Phi) is 7.84. The van der Waals surface area contributed by atoms with Gasteiger partial charge in [0.25, 0.3) is 5.91 Å². The number of anilines is 1. The Bertz CT molecular complexity index is 983. The number of carbonyl (C=O) groups excluding carboxylic acids is 2. The summed E-state index contributed by atoms with van der Waals surface area (Å²) < 4.78 is 38.2. The standard InChI is InChI=1S/C25H31F3N4O2/c1-24(2,3)19-7-5-18(6-8-19)23(34)29-12-11-22(33)32-14-4-13-31(15-16-32)21-10-9-20(17-30-21)25(26,27)28/h5-10,17H,4,11-16H2,1-3H3,(H,29,34). The zero-order valence-electron chi connectivity index (χ0n) is 19.8. The van der Waals surface area contributed by atoms with E-state index in [4.69, 9.17) is 0 Å². The molecule has 9 heteroatoms. The number of aromatic nitrogens is 1. The van der Waals surface area contributed by atoms with Crippen LogP contribution in [0.15, 0.2) is 42.6 Å². The highest BCUT2D eigenvalue weighted by Gasteiger charge is 2.31. The zero-order chi connectivity index (χ0) is 24.9. The number of halogens is 3. The van der Waals surface area contributed by atoms with E-state index >= 15 is 0 Å². The highest BCUT2D eigenvalue weighted by atomic mass is 19.4. The third kappa shape index (κ3) is 6.71. The Morgan fingerprint density at radius 2 is 1.62 bits per heavy atom. The minimum atomic E-state index is -4.42. The minimum absolute atomic E-state index is 0.00669. The summed E-state index contributed by atoms with van der Waals surface area (Å²) in [5.74, 6) is 0.182. The van der Waals surface area contributed by atoms with Crippen LogP contribution in [-0.4, -0.2) is 54.4 Å². The second-order valence-electron chi connectivity index (χ2n) is 9.46. The summed E-state index contributed by atoms with van der Waals surface area (Å²) >= 11 is 0. The van der Waals surface area contributed by atoms with Crippen molar-refractivity contribution in [2.45, 2.75) is 45.2 Å². The SMILES string of the molecule is CC(C)(C)c1ccc(C(=O)NCCC(=O)N2CCCN(c3ccc(C(F)(F)F)cn3)CC2)cc1. The van der Waals surface area contributed by atoms with Crippen molar-refractivity contribution in [3.63, 3.8) is 0 Å². The van der Waals surface area contributed by atoms with Crippen LogP contribution >= 0.6 is 0 Å². The van der Waals surface area contributed by atoms with Crippen LogP contribution in [0, 0.1) is 0 Å². The summed E-state index contributed by atoms with van der Waals surface area (Å²) in [6.45, 7) is 8.64. The van der Waals surface area contributed by atoms with Gasteiger partial charge in [0.05, 0.1) is 5.56 Å². The molecule has 1 saturated heterocycles. The van der Waals surface area contributed by atoms with Gasteiger partial charge in [-0.3, -0.25) is 9.59 Å². The first kappa shape index (κ1) is 25.5. The Balaban J connectivity index is 1.46.